The Bertz CT molecular complexity index is 733. The Morgan fingerprint density at radius 3 is 2.74 bits per heavy atom. The van der Waals surface area contributed by atoms with Crippen LogP contribution < -0.4 is 15.2 Å². The van der Waals surface area contributed by atoms with Crippen LogP contribution in [-0.4, -0.2) is 23.6 Å². The van der Waals surface area contributed by atoms with Crippen LogP contribution in [0.1, 0.15) is 0 Å². The molecule has 0 atom stereocenters. The van der Waals surface area contributed by atoms with Crippen molar-refractivity contribution in [1.29, 1.82) is 0 Å². The van der Waals surface area contributed by atoms with E-state index in [2.05, 4.69) is 4.98 Å². The molecule has 0 unspecified atom stereocenters. The molecule has 5 nitrogen and oxygen atoms in total. The van der Waals surface area contributed by atoms with Crippen molar-refractivity contribution in [1.82, 2.24) is 9.38 Å². The van der Waals surface area contributed by atoms with E-state index >= 15 is 0 Å². The largest absolute Gasteiger partial charge is 0.493 e. The summed E-state index contributed by atoms with van der Waals surface area (Å²) in [5, 5.41) is 2.03. The number of thiazole rings is 1. The Morgan fingerprint density at radius 2 is 2.00 bits per heavy atom. The molecule has 0 amide bonds. The molecule has 0 aliphatic rings. The summed E-state index contributed by atoms with van der Waals surface area (Å²) < 4.78 is 12.5. The van der Waals surface area contributed by atoms with Gasteiger partial charge in [-0.1, -0.05) is 0 Å². The first-order valence-corrected chi connectivity index (χ1v) is 6.55. The van der Waals surface area contributed by atoms with E-state index in [1.807, 2.05) is 28.0 Å². The zero-order valence-corrected chi connectivity index (χ0v) is 11.4. The van der Waals surface area contributed by atoms with E-state index in [0.717, 1.165) is 16.2 Å². The molecular formula is C13H13N3O2S. The zero-order chi connectivity index (χ0) is 13.4. The second kappa shape index (κ2) is 4.47. The molecule has 98 valence electrons. The fraction of sp³-hybridized carbons (Fsp3) is 0.154. The minimum atomic E-state index is 0.626. The fourth-order valence-corrected chi connectivity index (χ4v) is 2.91. The van der Waals surface area contributed by atoms with Gasteiger partial charge in [-0.3, -0.25) is 4.40 Å². The molecule has 3 aromatic rings. The monoisotopic (exact) mass is 275 g/mol. The second-order valence-corrected chi connectivity index (χ2v) is 4.83. The van der Waals surface area contributed by atoms with Crippen LogP contribution in [0.4, 0.5) is 5.82 Å². The summed E-state index contributed by atoms with van der Waals surface area (Å²) in [6.07, 6.45) is 1.66. The van der Waals surface area contributed by atoms with E-state index in [1.165, 1.54) is 0 Å². The highest BCUT2D eigenvalue weighted by Gasteiger charge is 2.12. The lowest BCUT2D eigenvalue weighted by molar-refractivity contribution is 0.355. The van der Waals surface area contributed by atoms with Gasteiger partial charge in [-0.25, -0.2) is 4.98 Å². The quantitative estimate of drug-likeness (QED) is 0.798. The van der Waals surface area contributed by atoms with Crippen molar-refractivity contribution in [3.63, 3.8) is 0 Å². The molecule has 0 bridgehead atoms. The third-order valence-corrected chi connectivity index (χ3v) is 3.79. The number of nitrogen functional groups attached to an aromatic ring is 1. The van der Waals surface area contributed by atoms with Crippen LogP contribution in [0.5, 0.6) is 11.5 Å². The summed E-state index contributed by atoms with van der Waals surface area (Å²) in [7, 11) is 3.24. The number of hydrogen-bond acceptors (Lipinski definition) is 5. The summed E-state index contributed by atoms with van der Waals surface area (Å²) in [6.45, 7) is 0. The molecule has 2 heterocycles. The van der Waals surface area contributed by atoms with Gasteiger partial charge in [0.05, 0.1) is 26.1 Å². The van der Waals surface area contributed by atoms with Gasteiger partial charge in [-0.2, -0.15) is 0 Å². The Labute approximate surface area is 114 Å². The average Bonchev–Trinajstić information content (AvgIpc) is 3.01. The Hall–Kier alpha value is -2.21. The van der Waals surface area contributed by atoms with Gasteiger partial charge in [0.2, 0.25) is 0 Å². The number of imidazole rings is 1. The molecule has 0 spiro atoms. The van der Waals surface area contributed by atoms with Crippen molar-refractivity contribution in [2.24, 2.45) is 0 Å². The third-order valence-electron chi connectivity index (χ3n) is 2.95. The smallest absolute Gasteiger partial charge is 0.195 e. The topological polar surface area (TPSA) is 61.8 Å². The molecule has 19 heavy (non-hydrogen) atoms. The lowest BCUT2D eigenvalue weighted by Gasteiger charge is -2.09. The number of rotatable bonds is 3. The van der Waals surface area contributed by atoms with E-state index in [9.17, 15) is 0 Å². The van der Waals surface area contributed by atoms with Gasteiger partial charge in [0, 0.05) is 10.9 Å². The van der Waals surface area contributed by atoms with Crippen LogP contribution >= 0.6 is 11.3 Å². The number of benzene rings is 1. The first-order chi connectivity index (χ1) is 9.24. The highest BCUT2D eigenvalue weighted by Crippen LogP contribution is 2.34. The fourth-order valence-electron chi connectivity index (χ4n) is 2.03. The summed E-state index contributed by atoms with van der Waals surface area (Å²) in [4.78, 5) is 5.12. The molecule has 0 saturated carbocycles. The number of fused-ring (bicyclic) bond motifs is 1. The molecule has 6 heteroatoms. The molecule has 0 aliphatic carbocycles. The first kappa shape index (κ1) is 11.9. The summed E-state index contributed by atoms with van der Waals surface area (Å²) in [6, 6.07) is 5.78. The Morgan fingerprint density at radius 1 is 1.21 bits per heavy atom. The summed E-state index contributed by atoms with van der Waals surface area (Å²) in [5.74, 6) is 2.02. The summed E-state index contributed by atoms with van der Waals surface area (Å²) >= 11 is 1.55. The average molecular weight is 275 g/mol. The number of methoxy groups -OCH3 is 2. The molecular weight excluding hydrogens is 262 g/mol. The molecule has 1 aromatic carbocycles. The normalized spacial score (nSPS) is 10.8. The maximum Gasteiger partial charge on any atom is 0.195 e. The number of anilines is 1. The molecule has 0 radical (unpaired) electrons. The van der Waals surface area contributed by atoms with Crippen molar-refractivity contribution in [3.8, 4) is 22.8 Å². The van der Waals surface area contributed by atoms with Crippen LogP contribution in [0.25, 0.3) is 16.2 Å². The molecule has 0 aliphatic heterocycles. The highest BCUT2D eigenvalue weighted by molar-refractivity contribution is 7.15. The summed E-state index contributed by atoms with van der Waals surface area (Å²) in [5.41, 5.74) is 7.94. The van der Waals surface area contributed by atoms with E-state index in [4.69, 9.17) is 15.2 Å². The van der Waals surface area contributed by atoms with Crippen molar-refractivity contribution >= 4 is 22.1 Å². The number of nitrogens with zero attached hydrogens (tertiary/aromatic N) is 2. The van der Waals surface area contributed by atoms with Crippen molar-refractivity contribution in [2.45, 2.75) is 0 Å². The van der Waals surface area contributed by atoms with Crippen LogP contribution in [0.15, 0.2) is 29.8 Å². The third kappa shape index (κ3) is 1.80. The predicted octanol–water partition coefficient (Wildman–Crippen LogP) is 2.66. The van der Waals surface area contributed by atoms with Gasteiger partial charge in [0.25, 0.3) is 0 Å². The number of aromatic nitrogens is 2. The van der Waals surface area contributed by atoms with Gasteiger partial charge in [0.1, 0.15) is 5.82 Å². The Kier molecular flexibility index (Phi) is 2.79. The molecule has 3 rings (SSSR count). The van der Waals surface area contributed by atoms with Crippen molar-refractivity contribution < 1.29 is 9.47 Å². The van der Waals surface area contributed by atoms with E-state index in [1.54, 1.807) is 31.8 Å². The molecule has 0 fully saturated rings. The minimum absolute atomic E-state index is 0.626. The molecule has 2 N–H and O–H groups in total. The number of nitrogens with two attached hydrogens (primary N) is 1. The van der Waals surface area contributed by atoms with Gasteiger partial charge < -0.3 is 15.2 Å². The first-order valence-electron chi connectivity index (χ1n) is 5.67. The van der Waals surface area contributed by atoms with Gasteiger partial charge in [0.15, 0.2) is 16.5 Å². The van der Waals surface area contributed by atoms with Crippen molar-refractivity contribution in [3.05, 3.63) is 29.8 Å². The number of ether oxygens (including phenoxy) is 2. The standard InChI is InChI=1S/C13H13N3O2S/c1-17-10-4-3-8(5-11(10)18-2)9-7-19-13-15-6-12(14)16(9)13/h3-7H,14H2,1-2H3. The van der Waals surface area contributed by atoms with E-state index < -0.39 is 0 Å². The van der Waals surface area contributed by atoms with E-state index in [-0.39, 0.29) is 0 Å². The lowest BCUT2D eigenvalue weighted by Crippen LogP contribution is -1.94. The predicted molar refractivity (Wildman–Crippen MR) is 76.0 cm³/mol. The SMILES string of the molecule is COc1ccc(-c2csc3ncc(N)n23)cc1OC. The van der Waals surface area contributed by atoms with Gasteiger partial charge >= 0.3 is 0 Å². The molecule has 0 saturated heterocycles. The van der Waals surface area contributed by atoms with E-state index in [0.29, 0.717) is 17.3 Å². The van der Waals surface area contributed by atoms with Gasteiger partial charge in [-0.15, -0.1) is 11.3 Å². The molecule has 2 aromatic heterocycles. The maximum atomic E-state index is 5.94. The Balaban J connectivity index is 2.18. The zero-order valence-electron chi connectivity index (χ0n) is 10.6. The van der Waals surface area contributed by atoms with Crippen molar-refractivity contribution in [2.75, 3.05) is 20.0 Å². The van der Waals surface area contributed by atoms with Crippen LogP contribution in [0.3, 0.4) is 0 Å². The highest BCUT2D eigenvalue weighted by atomic mass is 32.1. The van der Waals surface area contributed by atoms with Crippen LogP contribution in [-0.2, 0) is 0 Å². The van der Waals surface area contributed by atoms with Gasteiger partial charge in [-0.05, 0) is 18.2 Å². The van der Waals surface area contributed by atoms with Crippen LogP contribution in [0, 0.1) is 0 Å². The van der Waals surface area contributed by atoms with Crippen LogP contribution in [0.2, 0.25) is 0 Å². The maximum absolute atomic E-state index is 5.94. The number of hydrogen-bond donors (Lipinski definition) is 1. The second-order valence-electron chi connectivity index (χ2n) is 3.99. The minimum Gasteiger partial charge on any atom is -0.493 e. The lowest BCUT2D eigenvalue weighted by atomic mass is 10.1.